The van der Waals surface area contributed by atoms with Gasteiger partial charge in [0, 0.05) is 31.4 Å². The summed E-state index contributed by atoms with van der Waals surface area (Å²) < 4.78 is 1.36. The van der Waals surface area contributed by atoms with Crippen LogP contribution < -0.4 is 10.9 Å². The molecule has 0 aliphatic heterocycles. The Morgan fingerprint density at radius 3 is 2.74 bits per heavy atom. The molecule has 0 saturated heterocycles. The maximum absolute atomic E-state index is 12.0. The smallest absolute Gasteiger partial charge is 0.271 e. The van der Waals surface area contributed by atoms with Crippen LogP contribution in [0.4, 0.5) is 0 Å². The van der Waals surface area contributed by atoms with Crippen LogP contribution in [0.1, 0.15) is 19.4 Å². The van der Waals surface area contributed by atoms with E-state index in [4.69, 9.17) is 0 Å². The Morgan fingerprint density at radius 1 is 1.32 bits per heavy atom. The zero-order valence-electron chi connectivity index (χ0n) is 11.4. The van der Waals surface area contributed by atoms with Crippen molar-refractivity contribution in [2.24, 2.45) is 7.05 Å². The van der Waals surface area contributed by atoms with Gasteiger partial charge in [-0.3, -0.25) is 9.78 Å². The van der Waals surface area contributed by atoms with Gasteiger partial charge < -0.3 is 5.32 Å². The molecule has 0 bridgehead atoms. The summed E-state index contributed by atoms with van der Waals surface area (Å²) in [5.74, 6) is 0. The van der Waals surface area contributed by atoms with E-state index in [-0.39, 0.29) is 5.56 Å². The van der Waals surface area contributed by atoms with Gasteiger partial charge in [0.25, 0.3) is 5.56 Å². The number of hydrogen-bond acceptors (Lipinski definition) is 4. The maximum Gasteiger partial charge on any atom is 0.271 e. The van der Waals surface area contributed by atoms with Crippen LogP contribution in [0.15, 0.2) is 35.3 Å². The second-order valence-electron chi connectivity index (χ2n) is 4.73. The summed E-state index contributed by atoms with van der Waals surface area (Å²) in [4.78, 5) is 16.3. The van der Waals surface area contributed by atoms with Crippen LogP contribution in [-0.2, 0) is 13.6 Å². The third-order valence-corrected chi connectivity index (χ3v) is 2.77. The van der Waals surface area contributed by atoms with Crippen molar-refractivity contribution in [3.05, 3.63) is 46.4 Å². The molecule has 0 amide bonds. The number of aryl methyl sites for hydroxylation is 1. The lowest BCUT2D eigenvalue weighted by atomic mass is 10.2. The Hall–Kier alpha value is -2.01. The van der Waals surface area contributed by atoms with E-state index in [1.807, 2.05) is 32.0 Å². The van der Waals surface area contributed by atoms with Gasteiger partial charge in [-0.15, -0.1) is 0 Å². The number of nitrogens with zero attached hydrogens (tertiary/aromatic N) is 3. The van der Waals surface area contributed by atoms with E-state index in [2.05, 4.69) is 15.4 Å². The van der Waals surface area contributed by atoms with Crippen LogP contribution >= 0.6 is 0 Å². The van der Waals surface area contributed by atoms with Gasteiger partial charge in [-0.05, 0) is 18.2 Å². The summed E-state index contributed by atoms with van der Waals surface area (Å²) in [7, 11) is 1.66. The molecule has 0 atom stereocenters. The molecular weight excluding hydrogens is 240 g/mol. The highest BCUT2D eigenvalue weighted by molar-refractivity contribution is 5.53. The molecule has 0 fully saturated rings. The molecule has 0 spiro atoms. The quantitative estimate of drug-likeness (QED) is 0.899. The molecule has 0 aliphatic rings. The third kappa shape index (κ3) is 3.26. The minimum Gasteiger partial charge on any atom is -0.310 e. The lowest BCUT2D eigenvalue weighted by molar-refractivity contribution is 0.577. The zero-order chi connectivity index (χ0) is 13.8. The molecule has 2 rings (SSSR count). The van der Waals surface area contributed by atoms with Crippen LogP contribution in [0.3, 0.4) is 0 Å². The molecule has 19 heavy (non-hydrogen) atoms. The van der Waals surface area contributed by atoms with Gasteiger partial charge in [-0.2, -0.15) is 5.10 Å². The van der Waals surface area contributed by atoms with Gasteiger partial charge in [-0.25, -0.2) is 4.68 Å². The van der Waals surface area contributed by atoms with Crippen molar-refractivity contribution in [1.82, 2.24) is 20.1 Å². The summed E-state index contributed by atoms with van der Waals surface area (Å²) in [6.45, 7) is 4.63. The van der Waals surface area contributed by atoms with Crippen molar-refractivity contribution in [1.29, 1.82) is 0 Å². The van der Waals surface area contributed by atoms with Gasteiger partial charge in [0.1, 0.15) is 5.69 Å². The Kier molecular flexibility index (Phi) is 4.06. The normalized spacial score (nSPS) is 10.9. The Balaban J connectivity index is 2.39. The molecule has 100 valence electrons. The highest BCUT2D eigenvalue weighted by atomic mass is 16.1. The van der Waals surface area contributed by atoms with E-state index in [9.17, 15) is 4.79 Å². The molecule has 2 heterocycles. The number of aromatic nitrogens is 3. The first-order chi connectivity index (χ1) is 9.08. The largest absolute Gasteiger partial charge is 0.310 e. The predicted octanol–water partition coefficient (Wildman–Crippen LogP) is 1.34. The van der Waals surface area contributed by atoms with Crippen molar-refractivity contribution >= 4 is 0 Å². The van der Waals surface area contributed by atoms with Crippen LogP contribution in [0.2, 0.25) is 0 Å². The summed E-state index contributed by atoms with van der Waals surface area (Å²) in [6.07, 6.45) is 1.72. The second kappa shape index (κ2) is 5.75. The molecule has 0 aromatic carbocycles. The van der Waals surface area contributed by atoms with Crippen LogP contribution in [0, 0.1) is 0 Å². The first-order valence-electron chi connectivity index (χ1n) is 6.30. The van der Waals surface area contributed by atoms with Crippen LogP contribution in [0.25, 0.3) is 11.4 Å². The molecule has 2 aromatic heterocycles. The Morgan fingerprint density at radius 2 is 2.11 bits per heavy atom. The highest BCUT2D eigenvalue weighted by Crippen LogP contribution is 2.12. The van der Waals surface area contributed by atoms with E-state index in [0.717, 1.165) is 5.69 Å². The van der Waals surface area contributed by atoms with Gasteiger partial charge in [0.05, 0.1) is 5.69 Å². The van der Waals surface area contributed by atoms with Gasteiger partial charge in [0.15, 0.2) is 0 Å². The number of rotatable bonds is 4. The highest BCUT2D eigenvalue weighted by Gasteiger charge is 2.08. The summed E-state index contributed by atoms with van der Waals surface area (Å²) in [6, 6.07) is 7.77. The monoisotopic (exact) mass is 258 g/mol. The minimum absolute atomic E-state index is 0.0761. The average molecular weight is 258 g/mol. The van der Waals surface area contributed by atoms with E-state index in [0.29, 0.717) is 23.8 Å². The summed E-state index contributed by atoms with van der Waals surface area (Å²) in [5, 5.41) is 7.49. The fourth-order valence-electron chi connectivity index (χ4n) is 1.75. The molecule has 5 nitrogen and oxygen atoms in total. The van der Waals surface area contributed by atoms with Crippen molar-refractivity contribution in [2.75, 3.05) is 0 Å². The Labute approximate surface area is 112 Å². The predicted molar refractivity (Wildman–Crippen MR) is 74.7 cm³/mol. The van der Waals surface area contributed by atoms with Crippen LogP contribution in [0.5, 0.6) is 0 Å². The molecule has 2 aromatic rings. The van der Waals surface area contributed by atoms with Gasteiger partial charge >= 0.3 is 0 Å². The Bertz CT molecular complexity index is 605. The molecule has 0 aliphatic carbocycles. The van der Waals surface area contributed by atoms with Crippen molar-refractivity contribution in [3.8, 4) is 11.4 Å². The van der Waals surface area contributed by atoms with Crippen molar-refractivity contribution in [3.63, 3.8) is 0 Å². The van der Waals surface area contributed by atoms with E-state index < -0.39 is 0 Å². The third-order valence-electron chi connectivity index (χ3n) is 2.77. The minimum atomic E-state index is -0.0761. The standard InChI is InChI=1S/C14H18N4O/c1-10(2)16-9-11-8-13(17-18(3)14(11)19)12-6-4-5-7-15-12/h4-8,10,16H,9H2,1-3H3. The zero-order valence-corrected chi connectivity index (χ0v) is 11.4. The first kappa shape index (κ1) is 13.4. The van der Waals surface area contributed by atoms with E-state index >= 15 is 0 Å². The molecule has 0 saturated carbocycles. The van der Waals surface area contributed by atoms with Crippen molar-refractivity contribution in [2.45, 2.75) is 26.4 Å². The lowest BCUT2D eigenvalue weighted by Gasteiger charge is -2.10. The fraction of sp³-hybridized carbons (Fsp3) is 0.357. The SMILES string of the molecule is CC(C)NCc1cc(-c2ccccn2)nn(C)c1=O. The molecule has 0 radical (unpaired) electrons. The molecular formula is C14H18N4O. The van der Waals surface area contributed by atoms with E-state index in [1.54, 1.807) is 19.3 Å². The van der Waals surface area contributed by atoms with Gasteiger partial charge in [0.2, 0.25) is 0 Å². The van der Waals surface area contributed by atoms with Crippen molar-refractivity contribution < 1.29 is 0 Å². The molecule has 5 heteroatoms. The number of pyridine rings is 1. The van der Waals surface area contributed by atoms with Crippen LogP contribution in [-0.4, -0.2) is 20.8 Å². The molecule has 0 unspecified atom stereocenters. The summed E-state index contributed by atoms with van der Waals surface area (Å²) in [5.41, 5.74) is 2.10. The van der Waals surface area contributed by atoms with Gasteiger partial charge in [-0.1, -0.05) is 19.9 Å². The maximum atomic E-state index is 12.0. The second-order valence-corrected chi connectivity index (χ2v) is 4.73. The number of hydrogen-bond donors (Lipinski definition) is 1. The first-order valence-corrected chi connectivity index (χ1v) is 6.30. The summed E-state index contributed by atoms with van der Waals surface area (Å²) >= 11 is 0. The fourth-order valence-corrected chi connectivity index (χ4v) is 1.75. The lowest BCUT2D eigenvalue weighted by Crippen LogP contribution is -2.30. The molecule has 1 N–H and O–H groups in total. The average Bonchev–Trinajstić information content (AvgIpc) is 2.41. The topological polar surface area (TPSA) is 59.8 Å². The number of nitrogens with one attached hydrogen (secondary N) is 1. The van der Waals surface area contributed by atoms with E-state index in [1.165, 1.54) is 4.68 Å².